The lowest BCUT2D eigenvalue weighted by atomic mass is 9.97. The molecule has 1 N–H and O–H groups in total. The van der Waals surface area contributed by atoms with Crippen molar-refractivity contribution in [1.82, 2.24) is 5.32 Å². The Balaban J connectivity index is 1.89. The molecule has 0 unspecified atom stereocenters. The molecule has 1 fully saturated rings. The molecule has 1 saturated carbocycles. The maximum atomic E-state index is 14.1. The van der Waals surface area contributed by atoms with Gasteiger partial charge in [-0.05, 0) is 61.1 Å². The summed E-state index contributed by atoms with van der Waals surface area (Å²) in [6, 6.07) is 9.11. The van der Waals surface area contributed by atoms with E-state index >= 15 is 0 Å². The number of halogens is 2. The maximum Gasteiger partial charge on any atom is 0.131 e. The third kappa shape index (κ3) is 3.13. The van der Waals surface area contributed by atoms with Gasteiger partial charge in [0.15, 0.2) is 0 Å². The molecule has 1 aliphatic carbocycles. The number of aryl methyl sites for hydroxylation is 2. The van der Waals surface area contributed by atoms with E-state index < -0.39 is 0 Å². The first-order chi connectivity index (χ1) is 10.0. The quantitative estimate of drug-likeness (QED) is 0.873. The van der Waals surface area contributed by atoms with E-state index in [1.807, 2.05) is 25.1 Å². The van der Waals surface area contributed by atoms with Crippen LogP contribution in [-0.4, -0.2) is 6.04 Å². The normalized spacial score (nSPS) is 14.5. The minimum absolute atomic E-state index is 0.331. The SMILES string of the molecule is Cc1cc(F)c(-c2ccc(CNC3CC3)cc2C)cc1F. The molecule has 2 aromatic rings. The zero-order chi connectivity index (χ0) is 15.0. The minimum atomic E-state index is -0.374. The second-order valence-electron chi connectivity index (χ2n) is 5.89. The van der Waals surface area contributed by atoms with E-state index in [9.17, 15) is 8.78 Å². The van der Waals surface area contributed by atoms with Crippen molar-refractivity contribution in [2.24, 2.45) is 0 Å². The molecule has 0 aliphatic heterocycles. The van der Waals surface area contributed by atoms with E-state index in [0.29, 0.717) is 17.2 Å². The number of hydrogen-bond donors (Lipinski definition) is 1. The Morgan fingerprint density at radius 1 is 0.952 bits per heavy atom. The summed E-state index contributed by atoms with van der Waals surface area (Å²) in [7, 11) is 0. The van der Waals surface area contributed by atoms with Gasteiger partial charge in [0.1, 0.15) is 11.6 Å². The van der Waals surface area contributed by atoms with Crippen LogP contribution in [0.1, 0.15) is 29.5 Å². The van der Waals surface area contributed by atoms with Crippen molar-refractivity contribution >= 4 is 0 Å². The highest BCUT2D eigenvalue weighted by molar-refractivity contribution is 5.68. The average Bonchev–Trinajstić information content (AvgIpc) is 3.25. The van der Waals surface area contributed by atoms with E-state index in [1.165, 1.54) is 30.5 Å². The van der Waals surface area contributed by atoms with Crippen LogP contribution in [0.5, 0.6) is 0 Å². The van der Waals surface area contributed by atoms with Gasteiger partial charge in [-0.3, -0.25) is 0 Å². The van der Waals surface area contributed by atoms with Gasteiger partial charge in [-0.25, -0.2) is 8.78 Å². The fourth-order valence-corrected chi connectivity index (χ4v) is 2.54. The van der Waals surface area contributed by atoms with Crippen LogP contribution in [0.2, 0.25) is 0 Å². The zero-order valence-electron chi connectivity index (χ0n) is 12.3. The van der Waals surface area contributed by atoms with E-state index in [1.54, 1.807) is 6.92 Å². The second-order valence-corrected chi connectivity index (χ2v) is 5.89. The highest BCUT2D eigenvalue weighted by Gasteiger charge is 2.20. The molecule has 0 atom stereocenters. The standard InChI is InChI=1S/C18H19F2N/c1-11-7-13(10-21-14-4-5-14)3-6-15(11)16-9-17(19)12(2)8-18(16)20/h3,6-9,14,21H,4-5,10H2,1-2H3. The molecule has 21 heavy (non-hydrogen) atoms. The summed E-state index contributed by atoms with van der Waals surface area (Å²) >= 11 is 0. The van der Waals surface area contributed by atoms with E-state index in [0.717, 1.165) is 17.7 Å². The summed E-state index contributed by atoms with van der Waals surface area (Å²) < 4.78 is 27.8. The van der Waals surface area contributed by atoms with Crippen molar-refractivity contribution in [3.05, 3.63) is 58.7 Å². The van der Waals surface area contributed by atoms with Crippen LogP contribution in [0, 0.1) is 25.5 Å². The lowest BCUT2D eigenvalue weighted by molar-refractivity contribution is 0.595. The minimum Gasteiger partial charge on any atom is -0.310 e. The largest absolute Gasteiger partial charge is 0.310 e. The van der Waals surface area contributed by atoms with Crippen LogP contribution in [0.25, 0.3) is 11.1 Å². The van der Waals surface area contributed by atoms with Gasteiger partial charge in [-0.1, -0.05) is 18.2 Å². The Bertz CT molecular complexity index is 675. The Morgan fingerprint density at radius 2 is 1.71 bits per heavy atom. The number of nitrogens with one attached hydrogen (secondary N) is 1. The predicted octanol–water partition coefficient (Wildman–Crippen LogP) is 4.50. The highest BCUT2D eigenvalue weighted by Crippen LogP contribution is 2.29. The van der Waals surface area contributed by atoms with Gasteiger partial charge in [-0.2, -0.15) is 0 Å². The molecule has 0 amide bonds. The van der Waals surface area contributed by atoms with Gasteiger partial charge in [0.2, 0.25) is 0 Å². The summed E-state index contributed by atoms with van der Waals surface area (Å²) in [6.07, 6.45) is 2.51. The summed E-state index contributed by atoms with van der Waals surface area (Å²) in [4.78, 5) is 0. The van der Waals surface area contributed by atoms with Gasteiger partial charge in [-0.15, -0.1) is 0 Å². The Hall–Kier alpha value is -1.74. The first-order valence-corrected chi connectivity index (χ1v) is 7.33. The molecule has 0 aromatic heterocycles. The molecule has 0 spiro atoms. The van der Waals surface area contributed by atoms with Crippen LogP contribution >= 0.6 is 0 Å². The molecule has 2 aromatic carbocycles. The molecule has 0 saturated heterocycles. The first kappa shape index (κ1) is 14.2. The molecule has 0 radical (unpaired) electrons. The van der Waals surface area contributed by atoms with Gasteiger partial charge in [0.05, 0.1) is 0 Å². The second kappa shape index (κ2) is 5.57. The first-order valence-electron chi connectivity index (χ1n) is 7.33. The molecular formula is C18H19F2N. The van der Waals surface area contributed by atoms with Crippen molar-refractivity contribution in [1.29, 1.82) is 0 Å². The van der Waals surface area contributed by atoms with Gasteiger partial charge < -0.3 is 5.32 Å². The molecule has 110 valence electrons. The molecule has 1 nitrogen and oxygen atoms in total. The molecule has 3 heteroatoms. The van der Waals surface area contributed by atoms with Gasteiger partial charge >= 0.3 is 0 Å². The van der Waals surface area contributed by atoms with Gasteiger partial charge in [0, 0.05) is 18.2 Å². The van der Waals surface area contributed by atoms with Crippen molar-refractivity contribution in [3.63, 3.8) is 0 Å². The van der Waals surface area contributed by atoms with Crippen molar-refractivity contribution in [2.45, 2.75) is 39.3 Å². The Morgan fingerprint density at radius 3 is 2.38 bits per heavy atom. The maximum absolute atomic E-state index is 14.1. The predicted molar refractivity (Wildman–Crippen MR) is 81.1 cm³/mol. The number of benzene rings is 2. The molecule has 0 heterocycles. The number of rotatable bonds is 4. The monoisotopic (exact) mass is 287 g/mol. The smallest absolute Gasteiger partial charge is 0.131 e. The van der Waals surface area contributed by atoms with Crippen LogP contribution in [0.15, 0.2) is 30.3 Å². The zero-order valence-corrected chi connectivity index (χ0v) is 12.3. The third-order valence-electron chi connectivity index (χ3n) is 4.00. The fraction of sp³-hybridized carbons (Fsp3) is 0.333. The van der Waals surface area contributed by atoms with Crippen LogP contribution in [0.4, 0.5) is 8.78 Å². The highest BCUT2D eigenvalue weighted by atomic mass is 19.1. The Kier molecular flexibility index (Phi) is 3.77. The molecule has 3 rings (SSSR count). The van der Waals surface area contributed by atoms with E-state index in [-0.39, 0.29) is 11.6 Å². The summed E-state index contributed by atoms with van der Waals surface area (Å²) in [6.45, 7) is 4.34. The van der Waals surface area contributed by atoms with Crippen LogP contribution < -0.4 is 5.32 Å². The third-order valence-corrected chi connectivity index (χ3v) is 4.00. The lowest BCUT2D eigenvalue weighted by Crippen LogP contribution is -2.15. The van der Waals surface area contributed by atoms with Crippen LogP contribution in [0.3, 0.4) is 0 Å². The summed E-state index contributed by atoms with van der Waals surface area (Å²) in [5.41, 5.74) is 3.56. The van der Waals surface area contributed by atoms with E-state index in [2.05, 4.69) is 5.32 Å². The van der Waals surface area contributed by atoms with Crippen LogP contribution in [-0.2, 0) is 6.54 Å². The summed E-state index contributed by atoms with van der Waals surface area (Å²) in [5, 5.41) is 3.45. The van der Waals surface area contributed by atoms with Crippen molar-refractivity contribution in [3.8, 4) is 11.1 Å². The molecule has 1 aliphatic rings. The average molecular weight is 287 g/mol. The molecule has 0 bridgehead atoms. The van der Waals surface area contributed by atoms with Gasteiger partial charge in [0.25, 0.3) is 0 Å². The van der Waals surface area contributed by atoms with Crippen molar-refractivity contribution in [2.75, 3.05) is 0 Å². The molecular weight excluding hydrogens is 268 g/mol. The van der Waals surface area contributed by atoms with E-state index in [4.69, 9.17) is 0 Å². The number of hydrogen-bond acceptors (Lipinski definition) is 1. The fourth-order valence-electron chi connectivity index (χ4n) is 2.54. The summed E-state index contributed by atoms with van der Waals surface area (Å²) in [5.74, 6) is -0.744. The Labute approximate surface area is 124 Å². The van der Waals surface area contributed by atoms with Crippen molar-refractivity contribution < 1.29 is 8.78 Å². The topological polar surface area (TPSA) is 12.0 Å². The lowest BCUT2D eigenvalue weighted by Gasteiger charge is -2.11.